The van der Waals surface area contributed by atoms with E-state index < -0.39 is 0 Å². The third-order valence-electron chi connectivity index (χ3n) is 4.30. The summed E-state index contributed by atoms with van der Waals surface area (Å²) >= 11 is 0. The smallest absolute Gasteiger partial charge is 0.237 e. The SMILES string of the molecule is C[C@@H]1CC[C@H]2C(=O)N(c3ccc(O)cc3)C(=O)[C@H]2C1. The van der Waals surface area contributed by atoms with Crippen LogP contribution in [0.3, 0.4) is 0 Å². The highest BCUT2D eigenvalue weighted by Crippen LogP contribution is 2.42. The summed E-state index contributed by atoms with van der Waals surface area (Å²) in [6.45, 7) is 2.14. The number of fused-ring (bicyclic) bond motifs is 1. The monoisotopic (exact) mass is 259 g/mol. The van der Waals surface area contributed by atoms with E-state index in [-0.39, 0.29) is 29.4 Å². The molecule has 0 radical (unpaired) electrons. The molecular weight excluding hydrogens is 242 g/mol. The van der Waals surface area contributed by atoms with Crippen molar-refractivity contribution < 1.29 is 14.7 Å². The molecule has 2 amide bonds. The number of amides is 2. The van der Waals surface area contributed by atoms with Gasteiger partial charge < -0.3 is 5.11 Å². The van der Waals surface area contributed by atoms with Crippen molar-refractivity contribution in [3.05, 3.63) is 24.3 Å². The summed E-state index contributed by atoms with van der Waals surface area (Å²) in [4.78, 5) is 26.1. The van der Waals surface area contributed by atoms with Crippen molar-refractivity contribution in [2.24, 2.45) is 17.8 Å². The van der Waals surface area contributed by atoms with E-state index in [1.807, 2.05) is 0 Å². The van der Waals surface area contributed by atoms with Crippen molar-refractivity contribution >= 4 is 17.5 Å². The van der Waals surface area contributed by atoms with Gasteiger partial charge in [-0.15, -0.1) is 0 Å². The average Bonchev–Trinajstić information content (AvgIpc) is 2.63. The molecule has 1 aromatic rings. The second kappa shape index (κ2) is 4.37. The standard InChI is InChI=1S/C15H17NO3/c1-9-2-7-12-13(8-9)15(19)16(14(12)18)10-3-5-11(17)6-4-10/h3-6,9,12-13,17H,2,7-8H2,1H3/t9-,12-,13+/m1/s1. The number of rotatable bonds is 1. The maximum atomic E-state index is 12.4. The molecule has 100 valence electrons. The molecule has 1 saturated heterocycles. The molecule has 0 unspecified atom stereocenters. The first kappa shape index (κ1) is 12.2. The summed E-state index contributed by atoms with van der Waals surface area (Å²) < 4.78 is 0. The summed E-state index contributed by atoms with van der Waals surface area (Å²) in [5.41, 5.74) is 0.565. The highest BCUT2D eigenvalue weighted by atomic mass is 16.3. The number of aromatic hydroxyl groups is 1. The molecule has 4 heteroatoms. The Morgan fingerprint density at radius 1 is 1.05 bits per heavy atom. The first-order valence-electron chi connectivity index (χ1n) is 6.75. The number of hydrogen-bond donors (Lipinski definition) is 1. The predicted molar refractivity (Wildman–Crippen MR) is 70.6 cm³/mol. The largest absolute Gasteiger partial charge is 0.508 e. The minimum atomic E-state index is -0.148. The number of phenolic OH excluding ortho intramolecular Hbond substituents is 1. The van der Waals surface area contributed by atoms with Gasteiger partial charge in [-0.25, -0.2) is 0 Å². The van der Waals surface area contributed by atoms with Crippen LogP contribution >= 0.6 is 0 Å². The van der Waals surface area contributed by atoms with Crippen LogP contribution in [-0.4, -0.2) is 16.9 Å². The van der Waals surface area contributed by atoms with Crippen LogP contribution in [0.2, 0.25) is 0 Å². The van der Waals surface area contributed by atoms with Gasteiger partial charge in [0.25, 0.3) is 0 Å². The van der Waals surface area contributed by atoms with Crippen LogP contribution in [0.25, 0.3) is 0 Å². The fraction of sp³-hybridized carbons (Fsp3) is 0.467. The van der Waals surface area contributed by atoms with E-state index in [1.54, 1.807) is 12.1 Å². The van der Waals surface area contributed by atoms with Gasteiger partial charge in [-0.1, -0.05) is 6.92 Å². The molecule has 2 fully saturated rings. The van der Waals surface area contributed by atoms with Crippen LogP contribution in [-0.2, 0) is 9.59 Å². The zero-order chi connectivity index (χ0) is 13.6. The molecule has 4 nitrogen and oxygen atoms in total. The highest BCUT2D eigenvalue weighted by Gasteiger charge is 2.49. The fourth-order valence-electron chi connectivity index (χ4n) is 3.25. The first-order chi connectivity index (χ1) is 9.08. The Hall–Kier alpha value is -1.84. The molecule has 2 aliphatic rings. The molecule has 0 aromatic heterocycles. The molecule has 0 spiro atoms. The zero-order valence-electron chi connectivity index (χ0n) is 10.9. The Bertz CT molecular complexity index is 523. The summed E-state index contributed by atoms with van der Waals surface area (Å²) in [6.07, 6.45) is 2.64. The van der Waals surface area contributed by atoms with Crippen molar-refractivity contribution in [1.29, 1.82) is 0 Å². The van der Waals surface area contributed by atoms with Gasteiger partial charge in [0.15, 0.2) is 0 Å². The van der Waals surface area contributed by atoms with Crippen LogP contribution in [0.5, 0.6) is 5.75 Å². The molecule has 1 aromatic carbocycles. The first-order valence-corrected chi connectivity index (χ1v) is 6.75. The third-order valence-corrected chi connectivity index (χ3v) is 4.30. The second-order valence-electron chi connectivity index (χ2n) is 5.66. The normalized spacial score (nSPS) is 30.6. The van der Waals surface area contributed by atoms with Gasteiger partial charge in [0.05, 0.1) is 17.5 Å². The van der Waals surface area contributed by atoms with Gasteiger partial charge in [0, 0.05) is 0 Å². The van der Waals surface area contributed by atoms with Gasteiger partial charge in [0.2, 0.25) is 11.8 Å². The van der Waals surface area contributed by atoms with Crippen LogP contribution in [0, 0.1) is 17.8 Å². The zero-order valence-corrected chi connectivity index (χ0v) is 10.9. The molecule has 1 aliphatic heterocycles. The van der Waals surface area contributed by atoms with E-state index in [0.717, 1.165) is 19.3 Å². The number of carbonyl (C=O) groups is 2. The number of imide groups is 1. The molecule has 1 heterocycles. The number of carbonyl (C=O) groups excluding carboxylic acids is 2. The Balaban J connectivity index is 1.93. The van der Waals surface area contributed by atoms with Crippen LogP contribution in [0.1, 0.15) is 26.2 Å². The molecule has 3 atom stereocenters. The number of nitrogens with zero attached hydrogens (tertiary/aromatic N) is 1. The van der Waals surface area contributed by atoms with E-state index in [2.05, 4.69) is 6.92 Å². The van der Waals surface area contributed by atoms with Crippen molar-refractivity contribution in [2.75, 3.05) is 4.90 Å². The summed E-state index contributed by atoms with van der Waals surface area (Å²) in [7, 11) is 0. The van der Waals surface area contributed by atoms with Gasteiger partial charge in [-0.2, -0.15) is 0 Å². The van der Waals surface area contributed by atoms with Crippen molar-refractivity contribution in [1.82, 2.24) is 0 Å². The van der Waals surface area contributed by atoms with E-state index in [1.165, 1.54) is 17.0 Å². The van der Waals surface area contributed by atoms with Crippen molar-refractivity contribution in [2.45, 2.75) is 26.2 Å². The minimum Gasteiger partial charge on any atom is -0.508 e. The van der Waals surface area contributed by atoms with Crippen LogP contribution < -0.4 is 4.90 Å². The Kier molecular flexibility index (Phi) is 2.81. The second-order valence-corrected chi connectivity index (χ2v) is 5.66. The Labute approximate surface area is 112 Å². The summed E-state index contributed by atoms with van der Waals surface area (Å²) in [5.74, 6) is 0.203. The molecule has 3 rings (SSSR count). The molecule has 1 saturated carbocycles. The Morgan fingerprint density at radius 2 is 1.68 bits per heavy atom. The quantitative estimate of drug-likeness (QED) is 0.787. The summed E-state index contributed by atoms with van der Waals surface area (Å²) in [6, 6.07) is 6.23. The van der Waals surface area contributed by atoms with Gasteiger partial charge in [0.1, 0.15) is 5.75 Å². The van der Waals surface area contributed by atoms with E-state index in [9.17, 15) is 14.7 Å². The lowest BCUT2D eigenvalue weighted by molar-refractivity contribution is -0.122. The lowest BCUT2D eigenvalue weighted by atomic mass is 9.76. The number of hydrogen-bond acceptors (Lipinski definition) is 3. The number of phenols is 1. The molecular formula is C15H17NO3. The fourth-order valence-corrected chi connectivity index (χ4v) is 3.25. The van der Waals surface area contributed by atoms with E-state index in [4.69, 9.17) is 0 Å². The topological polar surface area (TPSA) is 57.6 Å². The van der Waals surface area contributed by atoms with E-state index in [0.29, 0.717) is 11.6 Å². The maximum absolute atomic E-state index is 12.4. The summed E-state index contributed by atoms with van der Waals surface area (Å²) in [5, 5.41) is 9.28. The number of anilines is 1. The van der Waals surface area contributed by atoms with Crippen LogP contribution in [0.4, 0.5) is 5.69 Å². The van der Waals surface area contributed by atoms with Gasteiger partial charge in [-0.3, -0.25) is 14.5 Å². The average molecular weight is 259 g/mol. The molecule has 19 heavy (non-hydrogen) atoms. The molecule has 0 bridgehead atoms. The lowest BCUT2D eigenvalue weighted by Gasteiger charge is -2.25. The maximum Gasteiger partial charge on any atom is 0.237 e. The van der Waals surface area contributed by atoms with Crippen molar-refractivity contribution in [3.63, 3.8) is 0 Å². The predicted octanol–water partition coefficient (Wildman–Crippen LogP) is 2.32. The van der Waals surface area contributed by atoms with Gasteiger partial charge in [-0.05, 0) is 49.4 Å². The van der Waals surface area contributed by atoms with Crippen LogP contribution in [0.15, 0.2) is 24.3 Å². The molecule has 1 N–H and O–H groups in total. The lowest BCUT2D eigenvalue weighted by Crippen LogP contribution is -2.30. The van der Waals surface area contributed by atoms with Crippen molar-refractivity contribution in [3.8, 4) is 5.75 Å². The highest BCUT2D eigenvalue weighted by molar-refractivity contribution is 6.22. The Morgan fingerprint density at radius 3 is 2.37 bits per heavy atom. The number of benzene rings is 1. The minimum absolute atomic E-state index is 0.0763. The molecule has 1 aliphatic carbocycles. The van der Waals surface area contributed by atoms with E-state index >= 15 is 0 Å². The van der Waals surface area contributed by atoms with Gasteiger partial charge >= 0.3 is 0 Å². The third kappa shape index (κ3) is 1.91.